The number of ether oxygens (including phenoxy) is 3. The molecule has 2 fully saturated rings. The summed E-state index contributed by atoms with van der Waals surface area (Å²) < 4.78 is 16.6. The van der Waals surface area contributed by atoms with Crippen LogP contribution in [0.1, 0.15) is 54.4 Å². The molecule has 1 spiro atoms. The van der Waals surface area contributed by atoms with Crippen LogP contribution in [0.2, 0.25) is 0 Å². The van der Waals surface area contributed by atoms with Gasteiger partial charge in [-0.25, -0.2) is 0 Å². The van der Waals surface area contributed by atoms with Crippen molar-refractivity contribution in [2.45, 2.75) is 44.9 Å². The highest BCUT2D eigenvalue weighted by molar-refractivity contribution is 5.98. The van der Waals surface area contributed by atoms with Gasteiger partial charge in [0, 0.05) is 51.0 Å². The average Bonchev–Trinajstić information content (AvgIpc) is 3.20. The van der Waals surface area contributed by atoms with Crippen LogP contribution in [0.3, 0.4) is 0 Å². The number of fused-ring (bicyclic) bond motifs is 1. The van der Waals surface area contributed by atoms with Crippen molar-refractivity contribution in [3.63, 3.8) is 0 Å². The number of rotatable bonds is 7. The average molecular weight is 521 g/mol. The van der Waals surface area contributed by atoms with E-state index in [0.29, 0.717) is 56.3 Å². The molecule has 2 aromatic carbocycles. The SMILES string of the molecule is COc1cccc(CC(=O)N2CCC3(CC2)CCN(C(=O)CCC(=O)c2ccc4c(c2)OCCCO4)C3)c1. The van der Waals surface area contributed by atoms with Crippen molar-refractivity contribution in [1.29, 1.82) is 0 Å². The molecule has 0 radical (unpaired) electrons. The topological polar surface area (TPSA) is 85.4 Å². The number of likely N-dealkylation sites (tertiary alicyclic amines) is 2. The molecule has 3 heterocycles. The quantitative estimate of drug-likeness (QED) is 0.515. The van der Waals surface area contributed by atoms with Crippen LogP contribution in [-0.4, -0.2) is 73.9 Å². The van der Waals surface area contributed by atoms with Crippen LogP contribution < -0.4 is 14.2 Å². The summed E-state index contributed by atoms with van der Waals surface area (Å²) in [4.78, 5) is 42.5. The van der Waals surface area contributed by atoms with Gasteiger partial charge in [-0.1, -0.05) is 12.1 Å². The summed E-state index contributed by atoms with van der Waals surface area (Å²) in [7, 11) is 1.62. The number of amides is 2. The monoisotopic (exact) mass is 520 g/mol. The molecule has 0 N–H and O–H groups in total. The second-order valence-corrected chi connectivity index (χ2v) is 10.6. The zero-order valence-corrected chi connectivity index (χ0v) is 22.1. The molecule has 3 aliphatic rings. The van der Waals surface area contributed by atoms with Crippen LogP contribution >= 0.6 is 0 Å². The summed E-state index contributed by atoms with van der Waals surface area (Å²) >= 11 is 0. The van der Waals surface area contributed by atoms with Crippen molar-refractivity contribution in [2.24, 2.45) is 5.41 Å². The lowest BCUT2D eigenvalue weighted by atomic mass is 9.77. The third kappa shape index (κ3) is 5.95. The minimum atomic E-state index is -0.0641. The fourth-order valence-corrected chi connectivity index (χ4v) is 5.72. The summed E-state index contributed by atoms with van der Waals surface area (Å²) in [5, 5.41) is 0. The van der Waals surface area contributed by atoms with Crippen LogP contribution in [0.15, 0.2) is 42.5 Å². The number of hydrogen-bond acceptors (Lipinski definition) is 6. The molecule has 38 heavy (non-hydrogen) atoms. The van der Waals surface area contributed by atoms with Crippen LogP contribution in [0.25, 0.3) is 0 Å². The molecular weight excluding hydrogens is 484 g/mol. The van der Waals surface area contributed by atoms with E-state index >= 15 is 0 Å². The highest BCUT2D eigenvalue weighted by Gasteiger charge is 2.42. The van der Waals surface area contributed by atoms with Gasteiger partial charge < -0.3 is 24.0 Å². The predicted octanol–water partition coefficient (Wildman–Crippen LogP) is 3.90. The number of carbonyl (C=O) groups excluding carboxylic acids is 3. The Labute approximate surface area is 223 Å². The summed E-state index contributed by atoms with van der Waals surface area (Å²) in [5.41, 5.74) is 1.57. The third-order valence-corrected chi connectivity index (χ3v) is 8.09. The Morgan fingerprint density at radius 1 is 0.868 bits per heavy atom. The Bertz CT molecular complexity index is 1190. The molecular formula is C30H36N2O6. The van der Waals surface area contributed by atoms with Crippen molar-refractivity contribution in [1.82, 2.24) is 9.80 Å². The number of Topliss-reactive ketones (excluding diaryl/α,β-unsaturated/α-hetero) is 1. The molecule has 2 amide bonds. The van der Waals surface area contributed by atoms with Crippen LogP contribution in [0, 0.1) is 5.41 Å². The van der Waals surface area contributed by atoms with Crippen molar-refractivity contribution >= 4 is 17.6 Å². The fourth-order valence-electron chi connectivity index (χ4n) is 5.72. The lowest BCUT2D eigenvalue weighted by molar-refractivity contribution is -0.134. The first-order valence-corrected chi connectivity index (χ1v) is 13.6. The van der Waals surface area contributed by atoms with Gasteiger partial charge in [-0.2, -0.15) is 0 Å². The summed E-state index contributed by atoms with van der Waals surface area (Å²) in [5.74, 6) is 2.10. The van der Waals surface area contributed by atoms with Gasteiger partial charge in [-0.05, 0) is 60.6 Å². The van der Waals surface area contributed by atoms with Gasteiger partial charge in [0.25, 0.3) is 0 Å². The maximum absolute atomic E-state index is 13.0. The van der Waals surface area contributed by atoms with Gasteiger partial charge in [-0.15, -0.1) is 0 Å². The number of piperidine rings is 1. The van der Waals surface area contributed by atoms with E-state index in [-0.39, 0.29) is 35.9 Å². The van der Waals surface area contributed by atoms with E-state index in [1.807, 2.05) is 34.1 Å². The maximum Gasteiger partial charge on any atom is 0.226 e. The molecule has 0 aliphatic carbocycles. The molecule has 8 nitrogen and oxygen atoms in total. The molecule has 0 unspecified atom stereocenters. The smallest absolute Gasteiger partial charge is 0.226 e. The number of nitrogens with zero attached hydrogens (tertiary/aromatic N) is 2. The van der Waals surface area contributed by atoms with E-state index in [4.69, 9.17) is 14.2 Å². The number of carbonyl (C=O) groups is 3. The third-order valence-electron chi connectivity index (χ3n) is 8.09. The van der Waals surface area contributed by atoms with Crippen LogP contribution in [-0.2, 0) is 16.0 Å². The van der Waals surface area contributed by atoms with Crippen molar-refractivity contribution in [3.8, 4) is 17.2 Å². The van der Waals surface area contributed by atoms with Gasteiger partial charge in [0.15, 0.2) is 17.3 Å². The molecule has 202 valence electrons. The molecule has 8 heteroatoms. The standard InChI is InChI=1S/C30H36N2O6/c1-36-24-5-2-4-22(18-24)19-29(35)31-13-10-30(11-14-31)12-15-32(21-30)28(34)9-7-25(33)23-6-8-26-27(20-23)38-17-3-16-37-26/h2,4-6,8,18,20H,3,7,9-17,19,21H2,1H3. The molecule has 0 aromatic heterocycles. The summed E-state index contributed by atoms with van der Waals surface area (Å²) in [6.07, 6.45) is 4.30. The number of ketones is 1. The predicted molar refractivity (Wildman–Crippen MR) is 142 cm³/mol. The minimum absolute atomic E-state index is 0.0288. The van der Waals surface area contributed by atoms with E-state index in [1.165, 1.54) is 0 Å². The Morgan fingerprint density at radius 2 is 1.61 bits per heavy atom. The Balaban J connectivity index is 1.08. The molecule has 0 bridgehead atoms. The minimum Gasteiger partial charge on any atom is -0.497 e. The largest absolute Gasteiger partial charge is 0.497 e. The Morgan fingerprint density at radius 3 is 2.37 bits per heavy atom. The Kier molecular flexibility index (Phi) is 7.86. The Hall–Kier alpha value is -3.55. The van der Waals surface area contributed by atoms with E-state index in [2.05, 4.69) is 0 Å². The van der Waals surface area contributed by atoms with Crippen molar-refractivity contribution in [3.05, 3.63) is 53.6 Å². The zero-order chi connectivity index (χ0) is 26.5. The first kappa shape index (κ1) is 26.1. The van der Waals surface area contributed by atoms with Crippen LogP contribution in [0.4, 0.5) is 0 Å². The second kappa shape index (κ2) is 11.5. The van der Waals surface area contributed by atoms with Gasteiger partial charge in [-0.3, -0.25) is 14.4 Å². The summed E-state index contributed by atoms with van der Waals surface area (Å²) in [6, 6.07) is 12.9. The highest BCUT2D eigenvalue weighted by atomic mass is 16.5. The van der Waals surface area contributed by atoms with Gasteiger partial charge in [0.1, 0.15) is 5.75 Å². The van der Waals surface area contributed by atoms with E-state index in [9.17, 15) is 14.4 Å². The van der Waals surface area contributed by atoms with E-state index in [1.54, 1.807) is 25.3 Å². The molecule has 5 rings (SSSR count). The summed E-state index contributed by atoms with van der Waals surface area (Å²) in [6.45, 7) is 4.02. The first-order valence-electron chi connectivity index (χ1n) is 13.6. The first-order chi connectivity index (χ1) is 18.4. The number of methoxy groups -OCH3 is 1. The molecule has 2 aromatic rings. The van der Waals surface area contributed by atoms with Crippen LogP contribution in [0.5, 0.6) is 17.2 Å². The normalized spacial score (nSPS) is 18.2. The molecule has 2 saturated heterocycles. The zero-order valence-electron chi connectivity index (χ0n) is 22.1. The highest BCUT2D eigenvalue weighted by Crippen LogP contribution is 2.41. The molecule has 0 saturated carbocycles. The second-order valence-electron chi connectivity index (χ2n) is 10.6. The number of benzene rings is 2. The van der Waals surface area contributed by atoms with E-state index < -0.39 is 0 Å². The number of hydrogen-bond donors (Lipinski definition) is 0. The van der Waals surface area contributed by atoms with Gasteiger partial charge in [0.2, 0.25) is 11.8 Å². The lowest BCUT2D eigenvalue weighted by Gasteiger charge is -2.39. The van der Waals surface area contributed by atoms with Gasteiger partial charge >= 0.3 is 0 Å². The molecule has 0 atom stereocenters. The molecule has 3 aliphatic heterocycles. The van der Waals surface area contributed by atoms with Crippen molar-refractivity contribution in [2.75, 3.05) is 46.5 Å². The van der Waals surface area contributed by atoms with Gasteiger partial charge in [0.05, 0.1) is 26.7 Å². The fraction of sp³-hybridized carbons (Fsp3) is 0.500. The van der Waals surface area contributed by atoms with E-state index in [0.717, 1.165) is 43.5 Å². The maximum atomic E-state index is 13.0. The van der Waals surface area contributed by atoms with Crippen molar-refractivity contribution < 1.29 is 28.6 Å². The lowest BCUT2D eigenvalue weighted by Crippen LogP contribution is -2.45.